The van der Waals surface area contributed by atoms with Crippen LogP contribution in [0.1, 0.15) is 27.2 Å². The Balaban J connectivity index is 1.86. The fourth-order valence-corrected chi connectivity index (χ4v) is 3.19. The molecule has 1 aromatic heterocycles. The van der Waals surface area contributed by atoms with E-state index in [0.717, 1.165) is 22.3 Å². The van der Waals surface area contributed by atoms with E-state index in [0.29, 0.717) is 27.8 Å². The zero-order valence-electron chi connectivity index (χ0n) is 15.1. The summed E-state index contributed by atoms with van der Waals surface area (Å²) in [6.45, 7) is 2.29. The van der Waals surface area contributed by atoms with Gasteiger partial charge < -0.3 is 11.1 Å². The van der Waals surface area contributed by atoms with Crippen molar-refractivity contribution in [3.63, 3.8) is 0 Å². The fraction of sp³-hybridized carbons (Fsp3) is 0.143. The molecule has 0 atom stereocenters. The first-order valence-electron chi connectivity index (χ1n) is 8.57. The van der Waals surface area contributed by atoms with Crippen LogP contribution in [0.2, 0.25) is 10.0 Å². The molecule has 0 bridgehead atoms. The summed E-state index contributed by atoms with van der Waals surface area (Å²) in [6, 6.07) is 13.5. The summed E-state index contributed by atoms with van der Waals surface area (Å²) in [5, 5.41) is 3.75. The molecule has 0 aliphatic heterocycles. The maximum Gasteiger partial charge on any atom is 0.251 e. The van der Waals surface area contributed by atoms with E-state index in [1.807, 2.05) is 6.07 Å². The van der Waals surface area contributed by atoms with Crippen LogP contribution >= 0.6 is 23.2 Å². The first-order valence-corrected chi connectivity index (χ1v) is 9.32. The summed E-state index contributed by atoms with van der Waals surface area (Å²) >= 11 is 11.9. The Bertz CT molecular complexity index is 1040. The highest BCUT2D eigenvalue weighted by Crippen LogP contribution is 2.26. The predicted molar refractivity (Wildman–Crippen MR) is 110 cm³/mol. The van der Waals surface area contributed by atoms with E-state index in [1.54, 1.807) is 43.3 Å². The number of nitrogens with two attached hydrogens (primary N) is 1. The van der Waals surface area contributed by atoms with E-state index < -0.39 is 5.95 Å². The van der Waals surface area contributed by atoms with Crippen LogP contribution in [0, 0.1) is 12.9 Å². The minimum Gasteiger partial charge on any atom is -0.348 e. The van der Waals surface area contributed by atoms with Gasteiger partial charge in [0, 0.05) is 29.9 Å². The third kappa shape index (κ3) is 4.68. The summed E-state index contributed by atoms with van der Waals surface area (Å²) in [4.78, 5) is 16.5. The Morgan fingerprint density at radius 2 is 1.86 bits per heavy atom. The molecule has 0 radical (unpaired) electrons. The number of rotatable bonds is 5. The van der Waals surface area contributed by atoms with Crippen molar-refractivity contribution < 1.29 is 9.18 Å². The minimum atomic E-state index is -0.546. The lowest BCUT2D eigenvalue weighted by Gasteiger charge is -2.12. The summed E-state index contributed by atoms with van der Waals surface area (Å²) in [5.74, 6) is -0.800. The van der Waals surface area contributed by atoms with Crippen molar-refractivity contribution in [1.82, 2.24) is 10.3 Å². The van der Waals surface area contributed by atoms with E-state index in [2.05, 4.69) is 10.3 Å². The highest BCUT2D eigenvalue weighted by Gasteiger charge is 2.12. The molecule has 2 aromatic carbocycles. The highest BCUT2D eigenvalue weighted by molar-refractivity contribution is 6.42. The number of hydrogen-bond acceptors (Lipinski definition) is 3. The smallest absolute Gasteiger partial charge is 0.251 e. The molecule has 0 saturated carbocycles. The minimum absolute atomic E-state index is 0.254. The van der Waals surface area contributed by atoms with Crippen molar-refractivity contribution in [1.29, 1.82) is 0 Å². The number of aromatic nitrogens is 1. The quantitative estimate of drug-likeness (QED) is 0.580. The van der Waals surface area contributed by atoms with Crippen LogP contribution in [0.25, 0.3) is 11.1 Å². The summed E-state index contributed by atoms with van der Waals surface area (Å²) in [5.41, 5.74) is 9.91. The van der Waals surface area contributed by atoms with Crippen molar-refractivity contribution >= 4 is 29.1 Å². The average Bonchev–Trinajstić information content (AvgIpc) is 2.68. The first-order chi connectivity index (χ1) is 13.4. The van der Waals surface area contributed by atoms with E-state index >= 15 is 0 Å². The van der Waals surface area contributed by atoms with Crippen LogP contribution in [0.15, 0.2) is 48.5 Å². The van der Waals surface area contributed by atoms with Crippen LogP contribution in [0.5, 0.6) is 0 Å². The van der Waals surface area contributed by atoms with Crippen molar-refractivity contribution in [3.8, 4) is 11.1 Å². The van der Waals surface area contributed by atoms with Gasteiger partial charge in [-0.3, -0.25) is 4.79 Å². The molecule has 7 heteroatoms. The van der Waals surface area contributed by atoms with Gasteiger partial charge in [0.05, 0.1) is 10.0 Å². The van der Waals surface area contributed by atoms with E-state index in [9.17, 15) is 9.18 Å². The summed E-state index contributed by atoms with van der Waals surface area (Å²) in [7, 11) is 0. The van der Waals surface area contributed by atoms with Gasteiger partial charge >= 0.3 is 0 Å². The molecule has 144 valence electrons. The van der Waals surface area contributed by atoms with Crippen LogP contribution in [0.4, 0.5) is 4.39 Å². The van der Waals surface area contributed by atoms with Gasteiger partial charge in [-0.25, -0.2) is 4.98 Å². The largest absolute Gasteiger partial charge is 0.348 e. The third-order valence-corrected chi connectivity index (χ3v) is 5.03. The van der Waals surface area contributed by atoms with Crippen molar-refractivity contribution in [3.05, 3.63) is 86.9 Å². The molecule has 0 aliphatic carbocycles. The number of amides is 1. The molecule has 3 aromatic rings. The lowest BCUT2D eigenvalue weighted by Crippen LogP contribution is -2.23. The SMILES string of the molecule is Cc1nc(F)ccc1-c1cc(CN)cc(C(=O)NCc2ccc(Cl)c(Cl)c2)c1. The Kier molecular flexibility index (Phi) is 6.29. The number of hydrogen-bond donors (Lipinski definition) is 2. The molecule has 1 amide bonds. The molecule has 28 heavy (non-hydrogen) atoms. The van der Waals surface area contributed by atoms with Gasteiger partial charge in [-0.05, 0) is 66.1 Å². The van der Waals surface area contributed by atoms with Crippen molar-refractivity contribution in [2.45, 2.75) is 20.0 Å². The molecule has 3 rings (SSSR count). The predicted octanol–water partition coefficient (Wildman–Crippen LogP) is 4.89. The van der Waals surface area contributed by atoms with Gasteiger partial charge in [0.25, 0.3) is 5.91 Å². The second-order valence-corrected chi connectivity index (χ2v) is 7.14. The van der Waals surface area contributed by atoms with E-state index in [1.165, 1.54) is 6.07 Å². The molecule has 3 N–H and O–H groups in total. The lowest BCUT2D eigenvalue weighted by molar-refractivity contribution is 0.0951. The maximum atomic E-state index is 13.3. The van der Waals surface area contributed by atoms with Crippen LogP contribution in [-0.4, -0.2) is 10.9 Å². The Morgan fingerprint density at radius 3 is 2.54 bits per heavy atom. The zero-order valence-corrected chi connectivity index (χ0v) is 16.6. The van der Waals surface area contributed by atoms with Crippen molar-refractivity contribution in [2.75, 3.05) is 0 Å². The molecule has 0 fully saturated rings. The van der Waals surface area contributed by atoms with E-state index in [4.69, 9.17) is 28.9 Å². The first kappa shape index (κ1) is 20.3. The molecule has 0 aliphatic rings. The van der Waals surface area contributed by atoms with Gasteiger partial charge in [-0.1, -0.05) is 29.3 Å². The monoisotopic (exact) mass is 417 g/mol. The van der Waals surface area contributed by atoms with Gasteiger partial charge in [0.1, 0.15) is 0 Å². The normalized spacial score (nSPS) is 10.8. The van der Waals surface area contributed by atoms with Crippen LogP contribution < -0.4 is 11.1 Å². The topological polar surface area (TPSA) is 68.0 Å². The molecule has 1 heterocycles. The second-order valence-electron chi connectivity index (χ2n) is 6.32. The standard InChI is InChI=1S/C21H18Cl2FN3O/c1-12-17(3-5-20(24)27-12)15-6-14(10-25)7-16(9-15)21(28)26-11-13-2-4-18(22)19(23)8-13/h2-9H,10-11,25H2,1H3,(H,26,28). The molecule has 4 nitrogen and oxygen atoms in total. The number of benzene rings is 2. The molecular formula is C21H18Cl2FN3O. The van der Waals surface area contributed by atoms with Gasteiger partial charge in [-0.15, -0.1) is 0 Å². The number of halogens is 3. The second kappa shape index (κ2) is 8.69. The average molecular weight is 418 g/mol. The molecule has 0 spiro atoms. The Labute approximate surface area is 172 Å². The Hall–Kier alpha value is -2.47. The maximum absolute atomic E-state index is 13.3. The van der Waals surface area contributed by atoms with Crippen LogP contribution in [-0.2, 0) is 13.1 Å². The summed E-state index contributed by atoms with van der Waals surface area (Å²) in [6.07, 6.45) is 0. The number of aryl methyl sites for hydroxylation is 1. The highest BCUT2D eigenvalue weighted by atomic mass is 35.5. The van der Waals surface area contributed by atoms with Crippen molar-refractivity contribution in [2.24, 2.45) is 5.73 Å². The lowest BCUT2D eigenvalue weighted by atomic mass is 9.98. The number of nitrogens with zero attached hydrogens (tertiary/aromatic N) is 1. The van der Waals surface area contributed by atoms with Gasteiger partial charge in [0.2, 0.25) is 5.95 Å². The molecular weight excluding hydrogens is 400 g/mol. The summed E-state index contributed by atoms with van der Waals surface area (Å²) < 4.78 is 13.3. The van der Waals surface area contributed by atoms with Gasteiger partial charge in [-0.2, -0.15) is 4.39 Å². The fourth-order valence-electron chi connectivity index (χ4n) is 2.87. The number of pyridine rings is 1. The number of carbonyl (C=O) groups excluding carboxylic acids is 1. The van der Waals surface area contributed by atoms with Crippen LogP contribution in [0.3, 0.4) is 0 Å². The van der Waals surface area contributed by atoms with Gasteiger partial charge in [0.15, 0.2) is 0 Å². The number of nitrogens with one attached hydrogen (secondary N) is 1. The zero-order chi connectivity index (χ0) is 20.3. The third-order valence-electron chi connectivity index (χ3n) is 4.29. The Morgan fingerprint density at radius 1 is 1.07 bits per heavy atom. The molecule has 0 unspecified atom stereocenters. The number of carbonyl (C=O) groups is 1. The molecule has 0 saturated heterocycles. The van der Waals surface area contributed by atoms with E-state index in [-0.39, 0.29) is 12.5 Å².